The van der Waals surface area contributed by atoms with Crippen molar-refractivity contribution in [2.45, 2.75) is 19.9 Å². The molecule has 0 fully saturated rings. The Hall–Kier alpha value is -4.00. The van der Waals surface area contributed by atoms with Crippen molar-refractivity contribution in [3.05, 3.63) is 99.4 Å². The van der Waals surface area contributed by atoms with Crippen LogP contribution in [0.5, 0.6) is 5.75 Å². The summed E-state index contributed by atoms with van der Waals surface area (Å²) in [5, 5.41) is 26.5. The van der Waals surface area contributed by atoms with E-state index in [2.05, 4.69) is 15.3 Å². The highest BCUT2D eigenvalue weighted by Gasteiger charge is 2.22. The van der Waals surface area contributed by atoms with E-state index in [0.717, 1.165) is 16.8 Å². The number of anilines is 1. The Morgan fingerprint density at radius 1 is 0.967 bits per heavy atom. The number of nitrogens with one attached hydrogen (secondary N) is 1. The fraction of sp³-hybridized carbons (Fsp3) is 0.130. The number of hydrogen-bond acceptors (Lipinski definition) is 6. The summed E-state index contributed by atoms with van der Waals surface area (Å²) in [7, 11) is 0. The van der Waals surface area contributed by atoms with Crippen molar-refractivity contribution in [2.24, 2.45) is 0 Å². The van der Waals surface area contributed by atoms with E-state index in [9.17, 15) is 15.2 Å². The summed E-state index contributed by atoms with van der Waals surface area (Å²) in [5.41, 5.74) is 3.28. The number of nitro groups is 1. The Bertz CT molecular complexity index is 1260. The molecule has 0 radical (unpaired) electrons. The Morgan fingerprint density at radius 3 is 2.47 bits per heavy atom. The van der Waals surface area contributed by atoms with E-state index in [-0.39, 0.29) is 11.4 Å². The molecule has 150 valence electrons. The standard InChI is InChI=1S/C23H20N4O3/c1-14-5-3-8-20(24-14)26-21(17-6-4-7-18(13-17)27(29)30)19-12-11-16-10-9-15(2)25-22(16)23(19)28/h3-13,21,28H,1-2H3,(H,24,26)/t21-/m1/s1. The third-order valence-electron chi connectivity index (χ3n) is 4.91. The summed E-state index contributed by atoms with van der Waals surface area (Å²) < 4.78 is 0. The number of phenols is 1. The van der Waals surface area contributed by atoms with E-state index in [1.165, 1.54) is 12.1 Å². The molecule has 0 aliphatic heterocycles. The van der Waals surface area contributed by atoms with E-state index in [4.69, 9.17) is 0 Å². The van der Waals surface area contributed by atoms with Gasteiger partial charge in [0.1, 0.15) is 17.1 Å². The van der Waals surface area contributed by atoms with Crippen LogP contribution >= 0.6 is 0 Å². The van der Waals surface area contributed by atoms with Crippen LogP contribution in [0.1, 0.15) is 28.6 Å². The molecule has 0 unspecified atom stereocenters. The van der Waals surface area contributed by atoms with E-state index < -0.39 is 11.0 Å². The molecule has 2 aromatic heterocycles. The SMILES string of the molecule is Cc1cccc(N[C@H](c2cccc([N+](=O)[O-])c2)c2ccc3ccc(C)nc3c2O)n1. The van der Waals surface area contributed by atoms with Crippen molar-refractivity contribution in [3.63, 3.8) is 0 Å². The molecule has 0 aliphatic carbocycles. The molecule has 0 saturated carbocycles. The van der Waals surface area contributed by atoms with Crippen LogP contribution in [0.4, 0.5) is 11.5 Å². The van der Waals surface area contributed by atoms with Crippen LogP contribution in [0.15, 0.2) is 66.7 Å². The van der Waals surface area contributed by atoms with Gasteiger partial charge in [-0.2, -0.15) is 0 Å². The van der Waals surface area contributed by atoms with E-state index in [1.54, 1.807) is 18.2 Å². The van der Waals surface area contributed by atoms with Crippen molar-refractivity contribution in [1.82, 2.24) is 9.97 Å². The zero-order valence-electron chi connectivity index (χ0n) is 16.5. The molecule has 0 bridgehead atoms. The maximum absolute atomic E-state index is 11.3. The summed E-state index contributed by atoms with van der Waals surface area (Å²) in [5.74, 6) is 0.635. The molecule has 0 aliphatic rings. The van der Waals surface area contributed by atoms with Gasteiger partial charge in [-0.15, -0.1) is 0 Å². The Kier molecular flexibility index (Phi) is 5.02. The van der Waals surface area contributed by atoms with Crippen molar-refractivity contribution in [3.8, 4) is 5.75 Å². The minimum Gasteiger partial charge on any atom is -0.505 e. The summed E-state index contributed by atoms with van der Waals surface area (Å²) in [6, 6.07) is 18.8. The quantitative estimate of drug-likeness (QED) is 0.359. The van der Waals surface area contributed by atoms with Gasteiger partial charge in [-0.1, -0.05) is 36.4 Å². The first-order chi connectivity index (χ1) is 14.4. The molecular weight excluding hydrogens is 380 g/mol. The van der Waals surface area contributed by atoms with Gasteiger partial charge in [0, 0.05) is 34.5 Å². The van der Waals surface area contributed by atoms with Gasteiger partial charge in [-0.25, -0.2) is 9.97 Å². The summed E-state index contributed by atoms with van der Waals surface area (Å²) >= 11 is 0. The second-order valence-electron chi connectivity index (χ2n) is 7.12. The maximum atomic E-state index is 11.3. The molecule has 30 heavy (non-hydrogen) atoms. The molecule has 1 atom stereocenters. The predicted octanol–water partition coefficient (Wildman–Crippen LogP) is 5.06. The first-order valence-electron chi connectivity index (χ1n) is 9.46. The van der Waals surface area contributed by atoms with Gasteiger partial charge in [0.05, 0.1) is 11.0 Å². The molecular formula is C23H20N4O3. The van der Waals surface area contributed by atoms with E-state index in [0.29, 0.717) is 22.5 Å². The van der Waals surface area contributed by atoms with Crippen LogP contribution in [0, 0.1) is 24.0 Å². The van der Waals surface area contributed by atoms with Crippen molar-refractivity contribution >= 4 is 22.4 Å². The van der Waals surface area contributed by atoms with Crippen molar-refractivity contribution in [2.75, 3.05) is 5.32 Å². The van der Waals surface area contributed by atoms with Gasteiger partial charge < -0.3 is 10.4 Å². The normalized spacial score (nSPS) is 11.9. The Labute approximate surface area is 173 Å². The van der Waals surface area contributed by atoms with Gasteiger partial charge in [-0.3, -0.25) is 10.1 Å². The highest BCUT2D eigenvalue weighted by Crippen LogP contribution is 2.37. The number of non-ortho nitro benzene ring substituents is 1. The van der Waals surface area contributed by atoms with Gasteiger partial charge in [0.2, 0.25) is 0 Å². The number of nitro benzene ring substituents is 1. The Morgan fingerprint density at radius 2 is 1.70 bits per heavy atom. The molecule has 7 heteroatoms. The number of aryl methyl sites for hydroxylation is 2. The topological polar surface area (TPSA) is 101 Å². The number of benzene rings is 2. The lowest BCUT2D eigenvalue weighted by atomic mass is 9.95. The third kappa shape index (κ3) is 3.77. The zero-order chi connectivity index (χ0) is 21.3. The number of rotatable bonds is 5. The lowest BCUT2D eigenvalue weighted by Gasteiger charge is -2.22. The van der Waals surface area contributed by atoms with Gasteiger partial charge >= 0.3 is 0 Å². The lowest BCUT2D eigenvalue weighted by molar-refractivity contribution is -0.384. The fourth-order valence-corrected chi connectivity index (χ4v) is 3.45. The number of pyridine rings is 2. The van der Waals surface area contributed by atoms with E-state index in [1.807, 2.05) is 50.2 Å². The largest absolute Gasteiger partial charge is 0.505 e. The Balaban J connectivity index is 1.89. The molecule has 7 nitrogen and oxygen atoms in total. The molecule has 0 amide bonds. The highest BCUT2D eigenvalue weighted by atomic mass is 16.6. The molecule has 2 aromatic carbocycles. The van der Waals surface area contributed by atoms with Crippen LogP contribution in [0.2, 0.25) is 0 Å². The molecule has 2 N–H and O–H groups in total. The number of aromatic nitrogens is 2. The first kappa shape index (κ1) is 19.3. The molecule has 0 spiro atoms. The number of phenolic OH excluding ortho intramolecular Hbond substituents is 1. The second-order valence-corrected chi connectivity index (χ2v) is 7.12. The average Bonchev–Trinajstić information content (AvgIpc) is 2.73. The third-order valence-corrected chi connectivity index (χ3v) is 4.91. The molecule has 4 rings (SSSR count). The van der Waals surface area contributed by atoms with Crippen LogP contribution in [0.3, 0.4) is 0 Å². The summed E-state index contributed by atoms with van der Waals surface area (Å²) in [4.78, 5) is 19.8. The van der Waals surface area contributed by atoms with Crippen LogP contribution in [-0.2, 0) is 0 Å². The van der Waals surface area contributed by atoms with Crippen LogP contribution in [0.25, 0.3) is 10.9 Å². The smallest absolute Gasteiger partial charge is 0.269 e. The van der Waals surface area contributed by atoms with Crippen molar-refractivity contribution < 1.29 is 10.0 Å². The molecule has 4 aromatic rings. The minimum absolute atomic E-state index is 0.0225. The molecule has 2 heterocycles. The van der Waals surface area contributed by atoms with Crippen LogP contribution < -0.4 is 5.32 Å². The van der Waals surface area contributed by atoms with Gasteiger partial charge in [-0.05, 0) is 37.6 Å². The number of nitrogens with zero attached hydrogens (tertiary/aromatic N) is 3. The van der Waals surface area contributed by atoms with E-state index >= 15 is 0 Å². The maximum Gasteiger partial charge on any atom is 0.269 e. The molecule has 0 saturated heterocycles. The lowest BCUT2D eigenvalue weighted by Crippen LogP contribution is -2.14. The number of fused-ring (bicyclic) bond motifs is 1. The van der Waals surface area contributed by atoms with Crippen LogP contribution in [-0.4, -0.2) is 20.0 Å². The zero-order valence-corrected chi connectivity index (χ0v) is 16.5. The minimum atomic E-state index is -0.564. The van der Waals surface area contributed by atoms with Crippen molar-refractivity contribution in [1.29, 1.82) is 0 Å². The first-order valence-corrected chi connectivity index (χ1v) is 9.46. The van der Waals surface area contributed by atoms with Gasteiger partial charge in [0.15, 0.2) is 0 Å². The second kappa shape index (κ2) is 7.79. The highest BCUT2D eigenvalue weighted by molar-refractivity contribution is 5.86. The number of hydrogen-bond donors (Lipinski definition) is 2. The monoisotopic (exact) mass is 400 g/mol. The summed E-state index contributed by atoms with van der Waals surface area (Å²) in [6.07, 6.45) is 0. The summed E-state index contributed by atoms with van der Waals surface area (Å²) in [6.45, 7) is 3.74. The average molecular weight is 400 g/mol. The van der Waals surface area contributed by atoms with Gasteiger partial charge in [0.25, 0.3) is 5.69 Å². The fourth-order valence-electron chi connectivity index (χ4n) is 3.45. The predicted molar refractivity (Wildman–Crippen MR) is 116 cm³/mol. The number of aromatic hydroxyl groups is 1.